The van der Waals surface area contributed by atoms with Crippen molar-refractivity contribution >= 4 is 12.4 Å². The fourth-order valence-electron chi connectivity index (χ4n) is 3.06. The highest BCUT2D eigenvalue weighted by Crippen LogP contribution is 2.28. The summed E-state index contributed by atoms with van der Waals surface area (Å²) >= 11 is 0. The molecule has 0 saturated carbocycles. The van der Waals surface area contributed by atoms with Crippen LogP contribution in [0.25, 0.3) is 0 Å². The summed E-state index contributed by atoms with van der Waals surface area (Å²) in [5, 5.41) is 14.4. The Morgan fingerprint density at radius 3 is 2.83 bits per heavy atom. The molecule has 7 heteroatoms. The molecule has 0 amide bonds. The van der Waals surface area contributed by atoms with Gasteiger partial charge in [0.15, 0.2) is 5.82 Å². The van der Waals surface area contributed by atoms with E-state index in [1.165, 1.54) is 0 Å². The zero-order valence-electron chi connectivity index (χ0n) is 13.0. The van der Waals surface area contributed by atoms with Crippen molar-refractivity contribution < 1.29 is 9.63 Å². The molecule has 126 valence electrons. The average Bonchev–Trinajstić information content (AvgIpc) is 3.18. The van der Waals surface area contributed by atoms with E-state index in [-0.39, 0.29) is 19.0 Å². The Labute approximate surface area is 142 Å². The number of aliphatic hydroxyl groups excluding tert-OH is 1. The molecule has 2 unspecified atom stereocenters. The molecular weight excluding hydrogens is 316 g/mol. The molecule has 1 aliphatic rings. The number of aliphatic hydroxyl groups is 1. The first kappa shape index (κ1) is 17.9. The van der Waals surface area contributed by atoms with Crippen LogP contribution in [-0.2, 0) is 13.1 Å². The highest BCUT2D eigenvalue weighted by Gasteiger charge is 2.28. The van der Waals surface area contributed by atoms with Gasteiger partial charge in [0.1, 0.15) is 0 Å². The maximum Gasteiger partial charge on any atom is 0.240 e. The third-order valence-corrected chi connectivity index (χ3v) is 4.21. The van der Waals surface area contributed by atoms with Gasteiger partial charge in [-0.05, 0) is 31.4 Å². The molecule has 3 N–H and O–H groups in total. The van der Waals surface area contributed by atoms with Crippen molar-refractivity contribution in [3.63, 3.8) is 0 Å². The van der Waals surface area contributed by atoms with Gasteiger partial charge in [-0.1, -0.05) is 35.5 Å². The standard InChI is InChI=1S/C16H22N4O2.ClH/c17-10-16-18-15(19-22-16)11-20-8-4-7-13(20)9-14(21)12-5-2-1-3-6-12;/h1-3,5-6,13-14,21H,4,7-11,17H2;1H. The van der Waals surface area contributed by atoms with E-state index in [9.17, 15) is 5.11 Å². The van der Waals surface area contributed by atoms with Crippen LogP contribution in [0.15, 0.2) is 34.9 Å². The number of rotatable bonds is 6. The van der Waals surface area contributed by atoms with E-state index in [1.54, 1.807) is 0 Å². The first-order valence-corrected chi connectivity index (χ1v) is 7.75. The topological polar surface area (TPSA) is 88.4 Å². The first-order valence-electron chi connectivity index (χ1n) is 7.75. The van der Waals surface area contributed by atoms with Gasteiger partial charge in [0.05, 0.1) is 19.2 Å². The summed E-state index contributed by atoms with van der Waals surface area (Å²) in [6.07, 6.45) is 2.52. The lowest BCUT2D eigenvalue weighted by Gasteiger charge is -2.25. The number of hydrogen-bond donors (Lipinski definition) is 2. The molecule has 2 atom stereocenters. The minimum absolute atomic E-state index is 0. The smallest absolute Gasteiger partial charge is 0.240 e. The largest absolute Gasteiger partial charge is 0.388 e. The number of nitrogens with zero attached hydrogens (tertiary/aromatic N) is 3. The van der Waals surface area contributed by atoms with Crippen molar-refractivity contribution in [2.45, 2.75) is 44.5 Å². The number of hydrogen-bond acceptors (Lipinski definition) is 6. The fourth-order valence-corrected chi connectivity index (χ4v) is 3.06. The SMILES string of the molecule is Cl.NCc1nc(CN2CCCC2CC(O)c2ccccc2)no1. The van der Waals surface area contributed by atoms with E-state index in [2.05, 4.69) is 15.0 Å². The summed E-state index contributed by atoms with van der Waals surface area (Å²) in [5.74, 6) is 1.14. The second kappa shape index (κ2) is 8.40. The predicted octanol–water partition coefficient (Wildman–Crippen LogP) is 2.04. The normalized spacial score (nSPS) is 19.5. The molecule has 0 aliphatic carbocycles. The van der Waals surface area contributed by atoms with Crippen molar-refractivity contribution in [2.24, 2.45) is 5.73 Å². The first-order chi connectivity index (χ1) is 10.8. The predicted molar refractivity (Wildman–Crippen MR) is 88.9 cm³/mol. The van der Waals surface area contributed by atoms with Crippen LogP contribution in [0.3, 0.4) is 0 Å². The van der Waals surface area contributed by atoms with Crippen LogP contribution < -0.4 is 5.73 Å². The summed E-state index contributed by atoms with van der Waals surface area (Å²) in [7, 11) is 0. The summed E-state index contributed by atoms with van der Waals surface area (Å²) in [6.45, 7) is 1.91. The quantitative estimate of drug-likeness (QED) is 0.838. The van der Waals surface area contributed by atoms with Crippen molar-refractivity contribution in [3.05, 3.63) is 47.6 Å². The number of halogens is 1. The Morgan fingerprint density at radius 1 is 1.35 bits per heavy atom. The number of nitrogens with two attached hydrogens (primary N) is 1. The molecule has 6 nitrogen and oxygen atoms in total. The van der Waals surface area contributed by atoms with E-state index in [0.29, 0.717) is 24.3 Å². The van der Waals surface area contributed by atoms with Crippen LogP contribution in [0.4, 0.5) is 0 Å². The van der Waals surface area contributed by atoms with Gasteiger partial charge in [0.2, 0.25) is 5.89 Å². The summed E-state index contributed by atoms with van der Waals surface area (Å²) in [4.78, 5) is 6.57. The maximum absolute atomic E-state index is 10.4. The molecule has 0 spiro atoms. The lowest BCUT2D eigenvalue weighted by Crippen LogP contribution is -2.30. The second-order valence-electron chi connectivity index (χ2n) is 5.74. The van der Waals surface area contributed by atoms with E-state index >= 15 is 0 Å². The second-order valence-corrected chi connectivity index (χ2v) is 5.74. The Bertz CT molecular complexity index is 593. The molecule has 1 saturated heterocycles. The Morgan fingerprint density at radius 2 is 2.13 bits per heavy atom. The maximum atomic E-state index is 10.4. The third-order valence-electron chi connectivity index (χ3n) is 4.21. The molecule has 0 radical (unpaired) electrons. The van der Waals surface area contributed by atoms with Crippen molar-refractivity contribution in [1.29, 1.82) is 0 Å². The molecule has 23 heavy (non-hydrogen) atoms. The van der Waals surface area contributed by atoms with Gasteiger partial charge in [-0.15, -0.1) is 12.4 Å². The zero-order chi connectivity index (χ0) is 15.4. The lowest BCUT2D eigenvalue weighted by atomic mass is 10.0. The van der Waals surface area contributed by atoms with Gasteiger partial charge in [0.25, 0.3) is 0 Å². The van der Waals surface area contributed by atoms with Gasteiger partial charge >= 0.3 is 0 Å². The van der Waals surface area contributed by atoms with Crippen LogP contribution >= 0.6 is 12.4 Å². The summed E-state index contributed by atoms with van der Waals surface area (Å²) < 4.78 is 5.05. The van der Waals surface area contributed by atoms with E-state index in [0.717, 1.165) is 31.4 Å². The van der Waals surface area contributed by atoms with Gasteiger partial charge in [0, 0.05) is 6.04 Å². The Balaban J connectivity index is 0.00000192. The molecule has 0 bridgehead atoms. The van der Waals surface area contributed by atoms with Gasteiger partial charge < -0.3 is 15.4 Å². The summed E-state index contributed by atoms with van der Waals surface area (Å²) in [5.41, 5.74) is 6.46. The highest BCUT2D eigenvalue weighted by atomic mass is 35.5. The zero-order valence-corrected chi connectivity index (χ0v) is 13.8. The minimum Gasteiger partial charge on any atom is -0.388 e. The number of aromatic nitrogens is 2. The molecule has 1 fully saturated rings. The van der Waals surface area contributed by atoms with Crippen molar-refractivity contribution in [2.75, 3.05) is 6.54 Å². The highest BCUT2D eigenvalue weighted by molar-refractivity contribution is 5.85. The van der Waals surface area contributed by atoms with Gasteiger partial charge in [-0.3, -0.25) is 4.90 Å². The van der Waals surface area contributed by atoms with Crippen molar-refractivity contribution in [1.82, 2.24) is 15.0 Å². The molecule has 2 heterocycles. The van der Waals surface area contributed by atoms with E-state index in [4.69, 9.17) is 10.3 Å². The van der Waals surface area contributed by atoms with Crippen LogP contribution in [0, 0.1) is 0 Å². The monoisotopic (exact) mass is 338 g/mol. The third kappa shape index (κ3) is 4.51. The number of likely N-dealkylation sites (tertiary alicyclic amines) is 1. The molecule has 1 aromatic carbocycles. The molecular formula is C16H23ClN4O2. The van der Waals surface area contributed by atoms with Gasteiger partial charge in [-0.2, -0.15) is 4.98 Å². The summed E-state index contributed by atoms with van der Waals surface area (Å²) in [6, 6.07) is 10.2. The Kier molecular flexibility index (Phi) is 6.53. The molecule has 3 rings (SSSR count). The fraction of sp³-hybridized carbons (Fsp3) is 0.500. The molecule has 2 aromatic rings. The van der Waals surface area contributed by atoms with Crippen LogP contribution in [-0.4, -0.2) is 32.7 Å². The molecule has 1 aliphatic heterocycles. The molecule has 1 aromatic heterocycles. The van der Waals surface area contributed by atoms with E-state index in [1.807, 2.05) is 30.3 Å². The van der Waals surface area contributed by atoms with E-state index < -0.39 is 6.10 Å². The Hall–Kier alpha value is -1.47. The number of benzene rings is 1. The lowest BCUT2D eigenvalue weighted by molar-refractivity contribution is 0.116. The average molecular weight is 339 g/mol. The van der Waals surface area contributed by atoms with Crippen molar-refractivity contribution in [3.8, 4) is 0 Å². The van der Waals surface area contributed by atoms with Gasteiger partial charge in [-0.25, -0.2) is 0 Å². The van der Waals surface area contributed by atoms with Crippen LogP contribution in [0.2, 0.25) is 0 Å². The minimum atomic E-state index is -0.434. The van der Waals surface area contributed by atoms with Crippen LogP contribution in [0.1, 0.15) is 42.6 Å². The van der Waals surface area contributed by atoms with Crippen LogP contribution in [0.5, 0.6) is 0 Å².